The van der Waals surface area contributed by atoms with Crippen LogP contribution in [0.4, 0.5) is 10.1 Å². The number of fused-ring (bicyclic) bond motifs is 1. The Kier molecular flexibility index (Phi) is 3.68. The van der Waals surface area contributed by atoms with E-state index >= 15 is 0 Å². The van der Waals surface area contributed by atoms with Crippen LogP contribution in [0.2, 0.25) is 0 Å². The molecule has 3 N–H and O–H groups in total. The molecule has 0 spiro atoms. The minimum Gasteiger partial charge on any atom is -0.398 e. The van der Waals surface area contributed by atoms with Crippen LogP contribution in [-0.4, -0.2) is 11.3 Å². The molecule has 3 nitrogen and oxygen atoms in total. The van der Waals surface area contributed by atoms with Gasteiger partial charge in [0.05, 0.1) is 0 Å². The number of halogens is 1. The second-order valence-corrected chi connectivity index (χ2v) is 6.50. The molecule has 1 aliphatic rings. The summed E-state index contributed by atoms with van der Waals surface area (Å²) in [6.07, 6.45) is 2.27. The van der Waals surface area contributed by atoms with Gasteiger partial charge < -0.3 is 11.1 Å². The highest BCUT2D eigenvalue weighted by molar-refractivity contribution is 6.11. The molecule has 1 aliphatic heterocycles. The minimum atomic E-state index is -0.317. The van der Waals surface area contributed by atoms with Gasteiger partial charge in [-0.05, 0) is 50.1 Å². The van der Waals surface area contributed by atoms with Crippen LogP contribution in [-0.2, 0) is 6.42 Å². The van der Waals surface area contributed by atoms with Crippen molar-refractivity contribution in [2.75, 3.05) is 5.73 Å². The van der Waals surface area contributed by atoms with Gasteiger partial charge in [-0.25, -0.2) is 4.39 Å². The van der Waals surface area contributed by atoms with Gasteiger partial charge in [0.2, 0.25) is 0 Å². The topological polar surface area (TPSA) is 55.1 Å². The third-order valence-electron chi connectivity index (χ3n) is 3.97. The molecule has 1 heterocycles. The molecule has 2 aromatic rings. The van der Waals surface area contributed by atoms with E-state index in [0.29, 0.717) is 16.9 Å². The summed E-state index contributed by atoms with van der Waals surface area (Å²) in [6, 6.07) is 11.6. The number of allylic oxidation sites excluding steroid dienone is 1. The summed E-state index contributed by atoms with van der Waals surface area (Å²) in [6.45, 7) is 4.10. The minimum absolute atomic E-state index is 0.196. The molecule has 23 heavy (non-hydrogen) atoms. The molecule has 0 radical (unpaired) electrons. The Balaban J connectivity index is 2.07. The first-order valence-electron chi connectivity index (χ1n) is 7.53. The van der Waals surface area contributed by atoms with E-state index in [1.54, 1.807) is 30.3 Å². The number of ketones is 1. The summed E-state index contributed by atoms with van der Waals surface area (Å²) in [4.78, 5) is 12.5. The summed E-state index contributed by atoms with van der Waals surface area (Å²) in [7, 11) is 0. The van der Waals surface area contributed by atoms with Gasteiger partial charge in [-0.3, -0.25) is 4.79 Å². The van der Waals surface area contributed by atoms with Gasteiger partial charge in [-0.2, -0.15) is 0 Å². The van der Waals surface area contributed by atoms with Gasteiger partial charge >= 0.3 is 0 Å². The standard InChI is InChI=1S/C19H19FN2O/c1-19(2)11-12-7-8-13(20)9-15(12)17(22-19)10-18(23)14-5-3-4-6-16(14)21/h3-10,22H,11,21H2,1-2H3. The summed E-state index contributed by atoms with van der Waals surface area (Å²) >= 11 is 0. The molecule has 0 saturated heterocycles. The smallest absolute Gasteiger partial charge is 0.189 e. The molecule has 0 unspecified atom stereocenters. The first-order chi connectivity index (χ1) is 10.9. The number of carbonyl (C=O) groups is 1. The number of rotatable bonds is 2. The first-order valence-corrected chi connectivity index (χ1v) is 7.53. The van der Waals surface area contributed by atoms with Crippen LogP contribution in [0.1, 0.15) is 35.3 Å². The van der Waals surface area contributed by atoms with Gasteiger partial charge in [0.1, 0.15) is 5.82 Å². The van der Waals surface area contributed by atoms with Crippen LogP contribution < -0.4 is 11.1 Å². The second-order valence-electron chi connectivity index (χ2n) is 6.50. The van der Waals surface area contributed by atoms with Crippen molar-refractivity contribution in [1.29, 1.82) is 0 Å². The summed E-state index contributed by atoms with van der Waals surface area (Å²) in [5, 5.41) is 3.33. The SMILES string of the molecule is CC1(C)Cc2ccc(F)cc2C(=CC(=O)c2ccccc2N)N1. The predicted octanol–water partition coefficient (Wildman–Crippen LogP) is 3.56. The van der Waals surface area contributed by atoms with E-state index in [2.05, 4.69) is 19.2 Å². The molecule has 0 saturated carbocycles. The van der Waals surface area contributed by atoms with Crippen molar-refractivity contribution in [3.63, 3.8) is 0 Å². The normalized spacial score (nSPS) is 17.4. The lowest BCUT2D eigenvalue weighted by molar-refractivity contribution is 0.104. The fraction of sp³-hybridized carbons (Fsp3) is 0.211. The molecule has 0 bridgehead atoms. The lowest BCUT2D eigenvalue weighted by Crippen LogP contribution is -2.43. The van der Waals surface area contributed by atoms with Crippen molar-refractivity contribution >= 4 is 17.2 Å². The molecule has 0 atom stereocenters. The highest BCUT2D eigenvalue weighted by atomic mass is 19.1. The lowest BCUT2D eigenvalue weighted by atomic mass is 9.85. The van der Waals surface area contributed by atoms with Gasteiger partial charge in [-0.15, -0.1) is 0 Å². The Morgan fingerprint density at radius 2 is 2.00 bits per heavy atom. The van der Waals surface area contributed by atoms with Crippen LogP contribution >= 0.6 is 0 Å². The molecular formula is C19H19FN2O. The molecule has 0 fully saturated rings. The monoisotopic (exact) mass is 310 g/mol. The zero-order valence-corrected chi connectivity index (χ0v) is 13.2. The van der Waals surface area contributed by atoms with Crippen molar-refractivity contribution in [1.82, 2.24) is 5.32 Å². The maximum atomic E-state index is 13.6. The summed E-state index contributed by atoms with van der Waals surface area (Å²) in [5.74, 6) is -0.513. The van der Waals surface area contributed by atoms with Gasteiger partial charge in [0.15, 0.2) is 5.78 Å². The quantitative estimate of drug-likeness (QED) is 0.506. The maximum absolute atomic E-state index is 13.6. The van der Waals surface area contributed by atoms with Crippen molar-refractivity contribution in [2.24, 2.45) is 0 Å². The summed E-state index contributed by atoms with van der Waals surface area (Å²) < 4.78 is 13.6. The predicted molar refractivity (Wildman–Crippen MR) is 90.5 cm³/mol. The summed E-state index contributed by atoms with van der Waals surface area (Å²) in [5.41, 5.74) is 8.92. The fourth-order valence-corrected chi connectivity index (χ4v) is 2.95. The maximum Gasteiger partial charge on any atom is 0.189 e. The second kappa shape index (κ2) is 5.54. The number of para-hydroxylation sites is 1. The van der Waals surface area contributed by atoms with E-state index in [1.165, 1.54) is 18.2 Å². The third-order valence-corrected chi connectivity index (χ3v) is 3.97. The van der Waals surface area contributed by atoms with Crippen molar-refractivity contribution in [3.05, 3.63) is 71.0 Å². The number of hydrogen-bond acceptors (Lipinski definition) is 3. The van der Waals surface area contributed by atoms with E-state index in [0.717, 1.165) is 17.5 Å². The van der Waals surface area contributed by atoms with Crippen molar-refractivity contribution in [3.8, 4) is 0 Å². The van der Waals surface area contributed by atoms with Crippen LogP contribution in [0.25, 0.3) is 5.70 Å². The first kappa shape index (κ1) is 15.3. The van der Waals surface area contributed by atoms with Crippen molar-refractivity contribution < 1.29 is 9.18 Å². The number of hydrogen-bond donors (Lipinski definition) is 2. The lowest BCUT2D eigenvalue weighted by Gasteiger charge is -2.35. The third kappa shape index (κ3) is 3.11. The Bertz CT molecular complexity index is 809. The number of nitrogen functional groups attached to an aromatic ring is 1. The Morgan fingerprint density at radius 1 is 1.26 bits per heavy atom. The van der Waals surface area contributed by atoms with E-state index in [9.17, 15) is 9.18 Å². The molecular weight excluding hydrogens is 291 g/mol. The molecule has 4 heteroatoms. The number of carbonyl (C=O) groups excluding carboxylic acids is 1. The van der Waals surface area contributed by atoms with Crippen LogP contribution in [0.3, 0.4) is 0 Å². The van der Waals surface area contributed by atoms with E-state index in [4.69, 9.17) is 5.73 Å². The zero-order valence-electron chi connectivity index (χ0n) is 13.2. The van der Waals surface area contributed by atoms with Gasteiger partial charge in [0.25, 0.3) is 0 Å². The number of anilines is 1. The average Bonchev–Trinajstić information content (AvgIpc) is 2.47. The van der Waals surface area contributed by atoms with Gasteiger partial charge in [0, 0.05) is 34.1 Å². The van der Waals surface area contributed by atoms with E-state index < -0.39 is 0 Å². The number of nitrogens with one attached hydrogen (secondary N) is 1. The van der Waals surface area contributed by atoms with Gasteiger partial charge in [-0.1, -0.05) is 18.2 Å². The highest BCUT2D eigenvalue weighted by Gasteiger charge is 2.28. The molecule has 3 rings (SSSR count). The van der Waals surface area contributed by atoms with E-state index in [1.807, 2.05) is 0 Å². The van der Waals surface area contributed by atoms with E-state index in [-0.39, 0.29) is 17.1 Å². The molecule has 118 valence electrons. The molecule has 0 aliphatic carbocycles. The zero-order chi connectivity index (χ0) is 16.6. The van der Waals surface area contributed by atoms with Crippen LogP contribution in [0.15, 0.2) is 48.5 Å². The fourth-order valence-electron chi connectivity index (χ4n) is 2.95. The average molecular weight is 310 g/mol. The van der Waals surface area contributed by atoms with Crippen LogP contribution in [0, 0.1) is 5.82 Å². The molecule has 2 aromatic carbocycles. The Morgan fingerprint density at radius 3 is 2.74 bits per heavy atom. The highest BCUT2D eigenvalue weighted by Crippen LogP contribution is 2.30. The molecule has 0 aromatic heterocycles. The van der Waals surface area contributed by atoms with Crippen LogP contribution in [0.5, 0.6) is 0 Å². The Labute approximate surface area is 135 Å². The van der Waals surface area contributed by atoms with Crippen molar-refractivity contribution in [2.45, 2.75) is 25.8 Å². The largest absolute Gasteiger partial charge is 0.398 e. The Hall–Kier alpha value is -2.62. The number of nitrogens with two attached hydrogens (primary N) is 1. The molecule has 0 amide bonds. The number of benzene rings is 2.